The second kappa shape index (κ2) is 3.05. The number of halogens is 1. The normalized spacial score (nSPS) is 9.27. The molecule has 0 amide bonds. The Morgan fingerprint density at radius 3 is 3.00 bits per heavy atom. The summed E-state index contributed by atoms with van der Waals surface area (Å²) in [7, 11) is 1.33. The number of methoxy groups -OCH3 is 1. The highest BCUT2D eigenvalue weighted by Gasteiger charge is 2.05. The van der Waals surface area contributed by atoms with Gasteiger partial charge in [-0.15, -0.1) is 0 Å². The summed E-state index contributed by atoms with van der Waals surface area (Å²) >= 11 is 0. The smallest absolute Gasteiger partial charge is 0.243 e. The van der Waals surface area contributed by atoms with Crippen LogP contribution in [0.1, 0.15) is 10.5 Å². The molecule has 4 nitrogen and oxygen atoms in total. The highest BCUT2D eigenvalue weighted by atomic mass is 19.1. The zero-order valence-electron chi connectivity index (χ0n) is 5.74. The number of nitrogens with zero attached hydrogens (tertiary/aromatic N) is 2. The molecular weight excluding hydrogens is 151 g/mol. The molecule has 0 aliphatic heterocycles. The average molecular weight is 156 g/mol. The predicted molar refractivity (Wildman–Crippen MR) is 33.9 cm³/mol. The van der Waals surface area contributed by atoms with E-state index >= 15 is 0 Å². The minimum absolute atomic E-state index is 0.0291. The molecule has 0 N–H and O–H groups in total. The fourth-order valence-corrected chi connectivity index (χ4v) is 0.604. The first-order valence-electron chi connectivity index (χ1n) is 2.79. The summed E-state index contributed by atoms with van der Waals surface area (Å²) in [6.45, 7) is 0. The number of hydrogen-bond acceptors (Lipinski definition) is 4. The maximum Gasteiger partial charge on any atom is 0.243 e. The maximum absolute atomic E-state index is 12.3. The van der Waals surface area contributed by atoms with Gasteiger partial charge >= 0.3 is 0 Å². The number of ether oxygens (including phenoxy) is 1. The van der Waals surface area contributed by atoms with Crippen molar-refractivity contribution in [1.82, 2.24) is 9.97 Å². The number of carbonyl (C=O) groups is 1. The van der Waals surface area contributed by atoms with Gasteiger partial charge in [0.15, 0.2) is 12.0 Å². The van der Waals surface area contributed by atoms with E-state index in [4.69, 9.17) is 0 Å². The number of hydrogen-bond donors (Lipinski definition) is 0. The van der Waals surface area contributed by atoms with Crippen molar-refractivity contribution in [2.24, 2.45) is 0 Å². The van der Waals surface area contributed by atoms with E-state index in [1.54, 1.807) is 0 Å². The number of aldehydes is 1. The molecule has 0 aliphatic carbocycles. The summed E-state index contributed by atoms with van der Waals surface area (Å²) in [5.41, 5.74) is -0.132. The van der Waals surface area contributed by atoms with E-state index < -0.39 is 5.95 Å². The van der Waals surface area contributed by atoms with E-state index in [9.17, 15) is 9.18 Å². The molecule has 58 valence electrons. The Bertz CT molecular complexity index is 277. The van der Waals surface area contributed by atoms with Gasteiger partial charge in [-0.25, -0.2) is 9.97 Å². The molecule has 0 saturated carbocycles. The van der Waals surface area contributed by atoms with Crippen LogP contribution in [0.25, 0.3) is 0 Å². The number of aromatic nitrogens is 2. The molecule has 11 heavy (non-hydrogen) atoms. The molecule has 0 atom stereocenters. The van der Waals surface area contributed by atoms with Gasteiger partial charge in [-0.1, -0.05) is 0 Å². The molecule has 1 rings (SSSR count). The molecule has 0 aliphatic rings. The highest BCUT2D eigenvalue weighted by molar-refractivity contribution is 5.74. The third kappa shape index (κ3) is 1.49. The van der Waals surface area contributed by atoms with E-state index in [1.807, 2.05) is 0 Å². The van der Waals surface area contributed by atoms with Gasteiger partial charge in [0.1, 0.15) is 0 Å². The topological polar surface area (TPSA) is 52.1 Å². The second-order valence-corrected chi connectivity index (χ2v) is 1.71. The first-order chi connectivity index (χ1) is 5.27. The van der Waals surface area contributed by atoms with E-state index in [1.165, 1.54) is 7.11 Å². The molecule has 1 heterocycles. The fraction of sp³-hybridized carbons (Fsp3) is 0.167. The van der Waals surface area contributed by atoms with E-state index in [2.05, 4.69) is 14.7 Å². The summed E-state index contributed by atoms with van der Waals surface area (Å²) in [6.07, 6.45) is 1.26. The van der Waals surface area contributed by atoms with Gasteiger partial charge in [0.2, 0.25) is 11.8 Å². The Morgan fingerprint density at radius 1 is 1.73 bits per heavy atom. The van der Waals surface area contributed by atoms with Gasteiger partial charge in [-0.2, -0.15) is 4.39 Å². The summed E-state index contributed by atoms with van der Waals surface area (Å²) in [5.74, 6) is -0.769. The Hall–Kier alpha value is -1.52. The van der Waals surface area contributed by atoms with Crippen molar-refractivity contribution in [2.45, 2.75) is 0 Å². The zero-order chi connectivity index (χ0) is 8.27. The number of carbonyl (C=O) groups excluding carboxylic acids is 1. The lowest BCUT2D eigenvalue weighted by Gasteiger charge is -1.98. The van der Waals surface area contributed by atoms with Crippen LogP contribution in [-0.4, -0.2) is 23.4 Å². The van der Waals surface area contributed by atoms with Crippen LogP contribution in [0.2, 0.25) is 0 Å². The van der Waals surface area contributed by atoms with Crippen molar-refractivity contribution in [3.63, 3.8) is 0 Å². The Balaban J connectivity index is 3.16. The van der Waals surface area contributed by atoms with Crippen molar-refractivity contribution in [1.29, 1.82) is 0 Å². The van der Waals surface area contributed by atoms with Crippen LogP contribution >= 0.6 is 0 Å². The van der Waals surface area contributed by atoms with Gasteiger partial charge in [-0.05, 0) is 0 Å². The molecule has 0 bridgehead atoms. The summed E-state index contributed by atoms with van der Waals surface area (Å²) in [4.78, 5) is 16.9. The van der Waals surface area contributed by atoms with Crippen LogP contribution < -0.4 is 4.74 Å². The molecule has 1 aromatic heterocycles. The third-order valence-electron chi connectivity index (χ3n) is 1.04. The third-order valence-corrected chi connectivity index (χ3v) is 1.04. The van der Waals surface area contributed by atoms with Crippen LogP contribution in [0.15, 0.2) is 6.20 Å². The summed E-state index contributed by atoms with van der Waals surface area (Å²) in [6, 6.07) is 0. The van der Waals surface area contributed by atoms with Crippen molar-refractivity contribution in [2.75, 3.05) is 7.11 Å². The molecule has 0 radical (unpaired) electrons. The van der Waals surface area contributed by atoms with E-state index in [0.29, 0.717) is 6.29 Å². The summed E-state index contributed by atoms with van der Waals surface area (Å²) < 4.78 is 16.9. The van der Waals surface area contributed by atoms with Crippen LogP contribution in [0.3, 0.4) is 0 Å². The van der Waals surface area contributed by atoms with Crippen LogP contribution in [0.5, 0.6) is 5.88 Å². The van der Waals surface area contributed by atoms with E-state index in [-0.39, 0.29) is 11.6 Å². The molecule has 0 spiro atoms. The second-order valence-electron chi connectivity index (χ2n) is 1.71. The molecule has 0 fully saturated rings. The molecule has 5 heteroatoms. The zero-order valence-corrected chi connectivity index (χ0v) is 5.74. The monoisotopic (exact) mass is 156 g/mol. The Labute approximate surface area is 62.0 Å². The Kier molecular flexibility index (Phi) is 2.10. The predicted octanol–water partition coefficient (Wildman–Crippen LogP) is 0.437. The van der Waals surface area contributed by atoms with Crippen molar-refractivity contribution < 1.29 is 13.9 Å². The Morgan fingerprint density at radius 2 is 2.45 bits per heavy atom. The lowest BCUT2D eigenvalue weighted by Crippen LogP contribution is -1.98. The quantitative estimate of drug-likeness (QED) is 0.583. The lowest BCUT2D eigenvalue weighted by molar-refractivity contribution is 0.111. The van der Waals surface area contributed by atoms with Crippen LogP contribution in [0.4, 0.5) is 4.39 Å². The van der Waals surface area contributed by atoms with Crippen LogP contribution in [-0.2, 0) is 0 Å². The fourth-order valence-electron chi connectivity index (χ4n) is 0.604. The van der Waals surface area contributed by atoms with Gasteiger partial charge in [-0.3, -0.25) is 4.79 Å². The molecule has 1 aromatic rings. The largest absolute Gasteiger partial charge is 0.479 e. The van der Waals surface area contributed by atoms with Gasteiger partial charge in [0.05, 0.1) is 13.3 Å². The lowest BCUT2D eigenvalue weighted by atomic mass is 10.5. The minimum atomic E-state index is -0.798. The van der Waals surface area contributed by atoms with Gasteiger partial charge in [0, 0.05) is 0 Å². The standard InChI is InChI=1S/C6H5FN2O2/c1-11-6-4(3-10)9-5(7)2-8-6/h2-3H,1H3. The van der Waals surface area contributed by atoms with Gasteiger partial charge < -0.3 is 4.74 Å². The maximum atomic E-state index is 12.3. The van der Waals surface area contributed by atoms with Gasteiger partial charge in [0.25, 0.3) is 0 Å². The first-order valence-corrected chi connectivity index (χ1v) is 2.79. The van der Waals surface area contributed by atoms with Crippen molar-refractivity contribution in [3.05, 3.63) is 17.8 Å². The molecular formula is C6H5FN2O2. The minimum Gasteiger partial charge on any atom is -0.479 e. The molecule has 0 unspecified atom stereocenters. The molecule has 0 saturated heterocycles. The van der Waals surface area contributed by atoms with Crippen LogP contribution in [0, 0.1) is 5.95 Å². The first kappa shape index (κ1) is 7.59. The molecule has 0 aromatic carbocycles. The average Bonchev–Trinajstić information content (AvgIpc) is 2.04. The number of rotatable bonds is 2. The van der Waals surface area contributed by atoms with E-state index in [0.717, 1.165) is 6.20 Å². The van der Waals surface area contributed by atoms with Crippen molar-refractivity contribution in [3.8, 4) is 5.88 Å². The SMILES string of the molecule is COc1ncc(F)nc1C=O. The highest BCUT2D eigenvalue weighted by Crippen LogP contribution is 2.08. The van der Waals surface area contributed by atoms with Crippen molar-refractivity contribution >= 4 is 6.29 Å². The summed E-state index contributed by atoms with van der Waals surface area (Å²) in [5, 5.41) is 0.